The second-order valence-electron chi connectivity index (χ2n) is 4.33. The van der Waals surface area contributed by atoms with Gasteiger partial charge in [0, 0.05) is 18.8 Å². The van der Waals surface area contributed by atoms with Gasteiger partial charge >= 0.3 is 0 Å². The molecule has 0 saturated carbocycles. The molecule has 19 heavy (non-hydrogen) atoms. The van der Waals surface area contributed by atoms with E-state index in [4.69, 9.17) is 0 Å². The number of halogens is 1. The molecule has 0 N–H and O–H groups in total. The molecule has 5 heteroatoms. The number of hydrogen-bond acceptors (Lipinski definition) is 3. The van der Waals surface area contributed by atoms with Crippen LogP contribution in [0.1, 0.15) is 27.8 Å². The molecule has 0 aliphatic rings. The van der Waals surface area contributed by atoms with Gasteiger partial charge < -0.3 is 0 Å². The summed E-state index contributed by atoms with van der Waals surface area (Å²) in [5.74, 6) is -1.92. The van der Waals surface area contributed by atoms with Crippen LogP contribution in [0, 0.1) is 11.7 Å². The van der Waals surface area contributed by atoms with Crippen molar-refractivity contribution in [3.63, 3.8) is 0 Å². The molecule has 0 saturated heterocycles. The van der Waals surface area contributed by atoms with Crippen molar-refractivity contribution in [1.82, 2.24) is 9.78 Å². The zero-order chi connectivity index (χ0) is 14.0. The van der Waals surface area contributed by atoms with E-state index in [1.165, 1.54) is 35.9 Å². The van der Waals surface area contributed by atoms with Gasteiger partial charge in [-0.25, -0.2) is 4.39 Å². The number of aryl methyl sites for hydroxylation is 1. The van der Waals surface area contributed by atoms with Crippen molar-refractivity contribution in [3.8, 4) is 0 Å². The first-order chi connectivity index (χ1) is 8.99. The lowest BCUT2D eigenvalue weighted by Crippen LogP contribution is -2.22. The summed E-state index contributed by atoms with van der Waals surface area (Å²) in [4.78, 5) is 24.2. The Labute approximate surface area is 109 Å². The third-order valence-electron chi connectivity index (χ3n) is 2.88. The van der Waals surface area contributed by atoms with Crippen molar-refractivity contribution in [2.45, 2.75) is 6.92 Å². The quantitative estimate of drug-likeness (QED) is 0.626. The highest BCUT2D eigenvalue weighted by Crippen LogP contribution is 2.14. The van der Waals surface area contributed by atoms with Crippen LogP contribution in [-0.4, -0.2) is 21.3 Å². The van der Waals surface area contributed by atoms with E-state index in [0.717, 1.165) is 0 Å². The molecule has 98 valence electrons. The molecule has 1 aromatic carbocycles. The van der Waals surface area contributed by atoms with Crippen molar-refractivity contribution in [3.05, 3.63) is 53.6 Å². The van der Waals surface area contributed by atoms with Crippen LogP contribution >= 0.6 is 0 Å². The number of carbonyl (C=O) groups is 2. The fourth-order valence-corrected chi connectivity index (χ4v) is 1.75. The minimum absolute atomic E-state index is 0.255. The highest BCUT2D eigenvalue weighted by Gasteiger charge is 2.25. The first-order valence-electron chi connectivity index (χ1n) is 5.82. The summed E-state index contributed by atoms with van der Waals surface area (Å²) in [6.07, 6.45) is 1.64. The lowest BCUT2D eigenvalue weighted by Gasteiger charge is -2.07. The topological polar surface area (TPSA) is 52.0 Å². The molecular formula is C14H13FN2O2. The molecule has 1 unspecified atom stereocenters. The molecule has 0 spiro atoms. The average molecular weight is 260 g/mol. The maximum atomic E-state index is 12.8. The number of Topliss-reactive ketones (excluding diaryl/α,β-unsaturated/α-hetero) is 2. The van der Waals surface area contributed by atoms with Gasteiger partial charge in [-0.1, -0.05) is 0 Å². The minimum Gasteiger partial charge on any atom is -0.293 e. The summed E-state index contributed by atoms with van der Waals surface area (Å²) in [6, 6.07) is 6.72. The van der Waals surface area contributed by atoms with Crippen LogP contribution in [0.5, 0.6) is 0 Å². The van der Waals surface area contributed by atoms with Gasteiger partial charge in [0.1, 0.15) is 11.5 Å². The van der Waals surface area contributed by atoms with Crippen LogP contribution < -0.4 is 0 Å². The van der Waals surface area contributed by atoms with Gasteiger partial charge in [-0.3, -0.25) is 14.3 Å². The average Bonchev–Trinajstić information content (AvgIpc) is 2.84. The van der Waals surface area contributed by atoms with Gasteiger partial charge in [0.15, 0.2) is 11.6 Å². The first kappa shape index (κ1) is 13.1. The van der Waals surface area contributed by atoms with E-state index in [0.29, 0.717) is 5.56 Å². The summed E-state index contributed by atoms with van der Waals surface area (Å²) >= 11 is 0. The van der Waals surface area contributed by atoms with E-state index in [1.54, 1.807) is 19.3 Å². The molecule has 0 aliphatic carbocycles. The Morgan fingerprint density at radius 2 is 1.79 bits per heavy atom. The zero-order valence-electron chi connectivity index (χ0n) is 10.6. The maximum absolute atomic E-state index is 12.8. The molecule has 1 aromatic heterocycles. The minimum atomic E-state index is -0.833. The van der Waals surface area contributed by atoms with Crippen LogP contribution in [0.2, 0.25) is 0 Å². The summed E-state index contributed by atoms with van der Waals surface area (Å²) in [6.45, 7) is 1.53. The fraction of sp³-hybridized carbons (Fsp3) is 0.214. The van der Waals surface area contributed by atoms with Crippen molar-refractivity contribution in [1.29, 1.82) is 0 Å². The van der Waals surface area contributed by atoms with Crippen molar-refractivity contribution < 1.29 is 14.0 Å². The van der Waals surface area contributed by atoms with Crippen LogP contribution in [0.15, 0.2) is 36.5 Å². The Bertz CT molecular complexity index is 617. The molecule has 0 fully saturated rings. The highest BCUT2D eigenvalue weighted by molar-refractivity contribution is 6.15. The number of aromatic nitrogens is 2. The van der Waals surface area contributed by atoms with E-state index in [9.17, 15) is 14.0 Å². The second kappa shape index (κ2) is 5.14. The van der Waals surface area contributed by atoms with Crippen molar-refractivity contribution in [2.24, 2.45) is 13.0 Å². The van der Waals surface area contributed by atoms with Gasteiger partial charge in [-0.05, 0) is 37.3 Å². The number of ketones is 2. The SMILES string of the molecule is CC(C(=O)c1ccc(F)cc1)C(=O)c1ccn(C)n1. The lowest BCUT2D eigenvalue weighted by atomic mass is 9.94. The Morgan fingerprint density at radius 1 is 1.16 bits per heavy atom. The Balaban J connectivity index is 2.19. The lowest BCUT2D eigenvalue weighted by molar-refractivity contribution is 0.0817. The first-order valence-corrected chi connectivity index (χ1v) is 5.82. The maximum Gasteiger partial charge on any atom is 0.193 e. The molecule has 1 heterocycles. The van der Waals surface area contributed by atoms with E-state index in [1.807, 2.05) is 0 Å². The summed E-state index contributed by atoms with van der Waals surface area (Å²) in [5.41, 5.74) is 0.573. The Hall–Kier alpha value is -2.30. The van der Waals surface area contributed by atoms with Gasteiger partial charge in [0.2, 0.25) is 0 Å². The van der Waals surface area contributed by atoms with E-state index >= 15 is 0 Å². The third kappa shape index (κ3) is 2.76. The van der Waals surface area contributed by atoms with Crippen LogP contribution in [-0.2, 0) is 7.05 Å². The highest BCUT2D eigenvalue weighted by atomic mass is 19.1. The number of nitrogens with zero attached hydrogens (tertiary/aromatic N) is 2. The molecule has 4 nitrogen and oxygen atoms in total. The summed E-state index contributed by atoms with van der Waals surface area (Å²) < 4.78 is 14.3. The number of benzene rings is 1. The standard InChI is InChI=1S/C14H13FN2O2/c1-9(14(19)12-7-8-17(2)16-12)13(18)10-3-5-11(15)6-4-10/h3-9H,1-2H3. The molecule has 2 rings (SSSR count). The third-order valence-corrected chi connectivity index (χ3v) is 2.88. The van der Waals surface area contributed by atoms with Gasteiger partial charge in [-0.15, -0.1) is 0 Å². The smallest absolute Gasteiger partial charge is 0.193 e. The Kier molecular flexibility index (Phi) is 3.55. The largest absolute Gasteiger partial charge is 0.293 e. The number of rotatable bonds is 4. The summed E-state index contributed by atoms with van der Waals surface area (Å²) in [5, 5.41) is 3.98. The van der Waals surface area contributed by atoms with Gasteiger partial charge in [-0.2, -0.15) is 5.10 Å². The predicted octanol–water partition coefficient (Wildman–Crippen LogP) is 2.26. The normalized spacial score (nSPS) is 12.2. The molecular weight excluding hydrogens is 247 g/mol. The summed E-state index contributed by atoms with van der Waals surface area (Å²) in [7, 11) is 1.70. The number of carbonyl (C=O) groups excluding carboxylic acids is 2. The molecule has 0 radical (unpaired) electrons. The van der Waals surface area contributed by atoms with Crippen molar-refractivity contribution in [2.75, 3.05) is 0 Å². The van der Waals surface area contributed by atoms with E-state index in [2.05, 4.69) is 5.10 Å². The van der Waals surface area contributed by atoms with E-state index < -0.39 is 11.7 Å². The van der Waals surface area contributed by atoms with Crippen LogP contribution in [0.3, 0.4) is 0 Å². The van der Waals surface area contributed by atoms with Crippen molar-refractivity contribution >= 4 is 11.6 Å². The molecule has 1 atom stereocenters. The zero-order valence-corrected chi connectivity index (χ0v) is 10.6. The number of hydrogen-bond donors (Lipinski definition) is 0. The molecule has 0 amide bonds. The molecule has 0 bridgehead atoms. The molecule has 2 aromatic rings. The van der Waals surface area contributed by atoms with Crippen LogP contribution in [0.25, 0.3) is 0 Å². The van der Waals surface area contributed by atoms with E-state index in [-0.39, 0.29) is 17.3 Å². The fourth-order valence-electron chi connectivity index (χ4n) is 1.75. The van der Waals surface area contributed by atoms with Gasteiger partial charge in [0.05, 0.1) is 5.92 Å². The Morgan fingerprint density at radius 3 is 2.32 bits per heavy atom. The predicted molar refractivity (Wildman–Crippen MR) is 67.4 cm³/mol. The monoisotopic (exact) mass is 260 g/mol. The molecule has 0 aliphatic heterocycles. The van der Waals surface area contributed by atoms with Gasteiger partial charge in [0.25, 0.3) is 0 Å². The van der Waals surface area contributed by atoms with Crippen LogP contribution in [0.4, 0.5) is 4.39 Å². The second-order valence-corrected chi connectivity index (χ2v) is 4.33.